The summed E-state index contributed by atoms with van der Waals surface area (Å²) in [5, 5.41) is 2.11. The molecule has 0 unspecified atom stereocenters. The van der Waals surface area contributed by atoms with Crippen molar-refractivity contribution in [1.29, 1.82) is 0 Å². The van der Waals surface area contributed by atoms with Gasteiger partial charge >= 0.3 is 6.18 Å². The molecule has 0 saturated heterocycles. The van der Waals surface area contributed by atoms with Crippen molar-refractivity contribution in [2.75, 3.05) is 23.3 Å². The summed E-state index contributed by atoms with van der Waals surface area (Å²) in [7, 11) is 0. The van der Waals surface area contributed by atoms with E-state index in [4.69, 9.17) is 11.6 Å². The zero-order valence-electron chi connectivity index (χ0n) is 12.5. The molecule has 24 heavy (non-hydrogen) atoms. The minimum absolute atomic E-state index is 0.0733. The van der Waals surface area contributed by atoms with Crippen molar-refractivity contribution in [3.05, 3.63) is 58.6 Å². The molecule has 3 nitrogen and oxygen atoms in total. The van der Waals surface area contributed by atoms with Crippen LogP contribution in [0.15, 0.2) is 42.5 Å². The van der Waals surface area contributed by atoms with Crippen molar-refractivity contribution < 1.29 is 18.0 Å². The van der Waals surface area contributed by atoms with E-state index in [9.17, 15) is 18.0 Å². The number of rotatable bonds is 3. The second-order valence-corrected chi connectivity index (χ2v) is 5.95. The first-order valence-corrected chi connectivity index (χ1v) is 7.72. The Kier molecular flexibility index (Phi) is 4.41. The number of alkyl halides is 3. The number of amides is 1. The van der Waals surface area contributed by atoms with Crippen LogP contribution in [-0.4, -0.2) is 19.0 Å². The highest BCUT2D eigenvalue weighted by molar-refractivity contribution is 6.31. The summed E-state index contributed by atoms with van der Waals surface area (Å²) < 4.78 is 38.6. The summed E-state index contributed by atoms with van der Waals surface area (Å²) in [6, 6.07) is 11.1. The van der Waals surface area contributed by atoms with E-state index in [-0.39, 0.29) is 18.1 Å². The Balaban J connectivity index is 1.70. The maximum absolute atomic E-state index is 12.9. The number of halogens is 4. The minimum atomic E-state index is -4.56. The molecule has 2 aromatic rings. The number of carbonyl (C=O) groups is 1. The fraction of sp³-hybridized carbons (Fsp3) is 0.235. The van der Waals surface area contributed by atoms with E-state index in [1.165, 1.54) is 6.07 Å². The van der Waals surface area contributed by atoms with Crippen LogP contribution in [0.3, 0.4) is 0 Å². The number of nitrogens with one attached hydrogen (secondary N) is 1. The number of benzene rings is 2. The van der Waals surface area contributed by atoms with Crippen LogP contribution < -0.4 is 10.2 Å². The predicted molar refractivity (Wildman–Crippen MR) is 87.4 cm³/mol. The van der Waals surface area contributed by atoms with Crippen LogP contribution in [0.1, 0.15) is 11.1 Å². The highest BCUT2D eigenvalue weighted by Gasteiger charge is 2.33. The molecule has 3 rings (SSSR count). The summed E-state index contributed by atoms with van der Waals surface area (Å²) in [5.41, 5.74) is 1.26. The van der Waals surface area contributed by atoms with Crippen LogP contribution in [0.25, 0.3) is 0 Å². The fourth-order valence-electron chi connectivity index (χ4n) is 2.76. The molecule has 0 spiro atoms. The van der Waals surface area contributed by atoms with Crippen molar-refractivity contribution in [1.82, 2.24) is 0 Å². The molecule has 1 aliphatic rings. The zero-order valence-corrected chi connectivity index (χ0v) is 13.3. The Hall–Kier alpha value is -2.21. The minimum Gasteiger partial charge on any atom is -0.362 e. The molecular weight excluding hydrogens is 341 g/mol. The van der Waals surface area contributed by atoms with E-state index < -0.39 is 16.8 Å². The second kappa shape index (κ2) is 6.36. The number of para-hydroxylation sites is 1. The van der Waals surface area contributed by atoms with Gasteiger partial charge in [-0.3, -0.25) is 4.79 Å². The van der Waals surface area contributed by atoms with Gasteiger partial charge in [-0.05, 0) is 36.2 Å². The third-order valence-corrected chi connectivity index (χ3v) is 4.20. The van der Waals surface area contributed by atoms with Crippen molar-refractivity contribution in [3.63, 3.8) is 0 Å². The van der Waals surface area contributed by atoms with Gasteiger partial charge in [0.15, 0.2) is 0 Å². The predicted octanol–water partition coefficient (Wildman–Crippen LogP) is 4.36. The van der Waals surface area contributed by atoms with Gasteiger partial charge in [0.2, 0.25) is 5.91 Å². The third-order valence-electron chi connectivity index (χ3n) is 3.87. The number of carbonyl (C=O) groups excluding carboxylic acids is 1. The molecule has 1 amide bonds. The van der Waals surface area contributed by atoms with E-state index in [0.29, 0.717) is 6.54 Å². The Labute approximate surface area is 142 Å². The Morgan fingerprint density at radius 3 is 2.71 bits per heavy atom. The molecule has 0 fully saturated rings. The van der Waals surface area contributed by atoms with Crippen LogP contribution in [0.2, 0.25) is 5.02 Å². The number of anilines is 2. The lowest BCUT2D eigenvalue weighted by Crippen LogP contribution is -2.31. The average Bonchev–Trinajstić information content (AvgIpc) is 2.91. The molecule has 0 aliphatic carbocycles. The lowest BCUT2D eigenvalue weighted by atomic mass is 10.2. The Morgan fingerprint density at radius 1 is 1.21 bits per heavy atom. The first kappa shape index (κ1) is 16.6. The van der Waals surface area contributed by atoms with Crippen LogP contribution in [0, 0.1) is 0 Å². The van der Waals surface area contributed by atoms with Crippen molar-refractivity contribution in [2.45, 2.75) is 12.6 Å². The second-order valence-electron chi connectivity index (χ2n) is 5.54. The topological polar surface area (TPSA) is 32.3 Å². The zero-order chi connectivity index (χ0) is 17.3. The standard InChI is InChI=1S/C17H14ClF3N2O/c18-14-6-5-12(9-13(14)17(19,20)21)22-16(24)10-23-8-7-11-3-1-2-4-15(11)23/h1-6,9H,7-8,10H2,(H,22,24). The van der Waals surface area contributed by atoms with Crippen LogP contribution in [0.4, 0.5) is 24.5 Å². The van der Waals surface area contributed by atoms with Gasteiger partial charge in [-0.2, -0.15) is 13.2 Å². The van der Waals surface area contributed by atoms with Gasteiger partial charge in [-0.1, -0.05) is 29.8 Å². The first-order valence-electron chi connectivity index (χ1n) is 7.34. The maximum atomic E-state index is 12.9. The van der Waals surface area contributed by atoms with E-state index in [0.717, 1.165) is 29.8 Å². The highest BCUT2D eigenvalue weighted by Crippen LogP contribution is 2.36. The van der Waals surface area contributed by atoms with Crippen LogP contribution in [-0.2, 0) is 17.4 Å². The Bertz CT molecular complexity index is 777. The highest BCUT2D eigenvalue weighted by atomic mass is 35.5. The molecule has 0 saturated carbocycles. The Morgan fingerprint density at radius 2 is 1.96 bits per heavy atom. The molecule has 0 radical (unpaired) electrons. The van der Waals surface area contributed by atoms with Crippen molar-refractivity contribution in [3.8, 4) is 0 Å². The number of nitrogens with zero attached hydrogens (tertiary/aromatic N) is 1. The van der Waals surface area contributed by atoms with Crippen LogP contribution in [0.5, 0.6) is 0 Å². The largest absolute Gasteiger partial charge is 0.417 e. The summed E-state index contributed by atoms with van der Waals surface area (Å²) in [5.74, 6) is -0.373. The van der Waals surface area contributed by atoms with Gasteiger partial charge in [0, 0.05) is 17.9 Å². The first-order chi connectivity index (χ1) is 11.3. The quantitative estimate of drug-likeness (QED) is 0.888. The van der Waals surface area contributed by atoms with Gasteiger partial charge < -0.3 is 10.2 Å². The number of hydrogen-bond acceptors (Lipinski definition) is 2. The summed E-state index contributed by atoms with van der Waals surface area (Å²) >= 11 is 5.57. The van der Waals surface area contributed by atoms with Gasteiger partial charge in [-0.25, -0.2) is 0 Å². The molecule has 1 aliphatic heterocycles. The summed E-state index contributed by atoms with van der Waals surface area (Å²) in [4.78, 5) is 14.1. The fourth-order valence-corrected chi connectivity index (χ4v) is 2.99. The van der Waals surface area contributed by atoms with Crippen LogP contribution >= 0.6 is 11.6 Å². The smallest absolute Gasteiger partial charge is 0.362 e. The van der Waals surface area contributed by atoms with Crippen molar-refractivity contribution >= 4 is 28.9 Å². The molecule has 2 aromatic carbocycles. The lowest BCUT2D eigenvalue weighted by molar-refractivity contribution is -0.137. The number of hydrogen-bond donors (Lipinski definition) is 1. The van der Waals surface area contributed by atoms with E-state index in [1.54, 1.807) is 0 Å². The molecule has 0 atom stereocenters. The van der Waals surface area contributed by atoms with Crippen molar-refractivity contribution in [2.24, 2.45) is 0 Å². The van der Waals surface area contributed by atoms with E-state index in [1.807, 2.05) is 29.2 Å². The van der Waals surface area contributed by atoms with Gasteiger partial charge in [0.1, 0.15) is 0 Å². The molecular formula is C17H14ClF3N2O. The molecule has 126 valence electrons. The van der Waals surface area contributed by atoms with Gasteiger partial charge in [0.25, 0.3) is 0 Å². The van der Waals surface area contributed by atoms with E-state index in [2.05, 4.69) is 5.32 Å². The summed E-state index contributed by atoms with van der Waals surface area (Å²) in [6.07, 6.45) is -3.71. The van der Waals surface area contributed by atoms with Gasteiger partial charge in [0.05, 0.1) is 17.1 Å². The maximum Gasteiger partial charge on any atom is 0.417 e. The molecule has 0 aromatic heterocycles. The monoisotopic (exact) mass is 354 g/mol. The summed E-state index contributed by atoms with van der Waals surface area (Å²) in [6.45, 7) is 0.794. The SMILES string of the molecule is O=C(CN1CCc2ccccc21)Nc1ccc(Cl)c(C(F)(F)F)c1. The average molecular weight is 355 g/mol. The third kappa shape index (κ3) is 3.48. The van der Waals surface area contributed by atoms with E-state index >= 15 is 0 Å². The lowest BCUT2D eigenvalue weighted by Gasteiger charge is -2.19. The molecule has 1 heterocycles. The normalized spacial score (nSPS) is 13.8. The molecule has 7 heteroatoms. The molecule has 0 bridgehead atoms. The number of fused-ring (bicyclic) bond motifs is 1. The molecule has 1 N–H and O–H groups in total. The van der Waals surface area contributed by atoms with Gasteiger partial charge in [-0.15, -0.1) is 0 Å².